The van der Waals surface area contributed by atoms with E-state index in [9.17, 15) is 4.79 Å². The van der Waals surface area contributed by atoms with Gasteiger partial charge in [-0.05, 0) is 31.9 Å². The Balaban J connectivity index is 2.12. The van der Waals surface area contributed by atoms with E-state index in [1.807, 2.05) is 24.0 Å². The molecule has 0 aliphatic heterocycles. The first-order chi connectivity index (χ1) is 7.83. The second-order valence-electron chi connectivity index (χ2n) is 4.27. The molecule has 1 aliphatic carbocycles. The number of hydrogen-bond acceptors (Lipinski definition) is 2. The van der Waals surface area contributed by atoms with E-state index in [2.05, 4.69) is 4.98 Å². The summed E-state index contributed by atoms with van der Waals surface area (Å²) < 4.78 is 0. The SMILES string of the molecule is CCN(C(=O)c1cccnc1)C1CCCC1. The minimum absolute atomic E-state index is 0.127. The molecule has 0 N–H and O–H groups in total. The highest BCUT2D eigenvalue weighted by atomic mass is 16.2. The first-order valence-electron chi connectivity index (χ1n) is 6.04. The highest BCUT2D eigenvalue weighted by Gasteiger charge is 2.25. The summed E-state index contributed by atoms with van der Waals surface area (Å²) in [6.45, 7) is 2.84. The fourth-order valence-corrected chi connectivity index (χ4v) is 2.44. The summed E-state index contributed by atoms with van der Waals surface area (Å²) >= 11 is 0. The lowest BCUT2D eigenvalue weighted by atomic mass is 10.1. The molecule has 1 aromatic rings. The molecule has 0 aromatic carbocycles. The van der Waals surface area contributed by atoms with Crippen molar-refractivity contribution >= 4 is 5.91 Å². The molecule has 0 saturated heterocycles. The number of carbonyl (C=O) groups excluding carboxylic acids is 1. The topological polar surface area (TPSA) is 33.2 Å². The van der Waals surface area contributed by atoms with Crippen molar-refractivity contribution in [3.63, 3.8) is 0 Å². The van der Waals surface area contributed by atoms with E-state index in [1.54, 1.807) is 12.4 Å². The largest absolute Gasteiger partial charge is 0.336 e. The average Bonchev–Trinajstić information content (AvgIpc) is 2.85. The molecule has 1 heterocycles. The van der Waals surface area contributed by atoms with Gasteiger partial charge in [0.25, 0.3) is 5.91 Å². The molecule has 0 bridgehead atoms. The number of amides is 1. The lowest BCUT2D eigenvalue weighted by Crippen LogP contribution is -2.38. The Morgan fingerprint density at radius 1 is 1.50 bits per heavy atom. The third-order valence-electron chi connectivity index (χ3n) is 3.28. The molecule has 16 heavy (non-hydrogen) atoms. The van der Waals surface area contributed by atoms with Crippen LogP contribution in [0.3, 0.4) is 0 Å². The Hall–Kier alpha value is -1.38. The van der Waals surface area contributed by atoms with Crippen LogP contribution in [-0.4, -0.2) is 28.4 Å². The van der Waals surface area contributed by atoms with Crippen molar-refractivity contribution in [3.05, 3.63) is 30.1 Å². The van der Waals surface area contributed by atoms with Crippen LogP contribution in [0.4, 0.5) is 0 Å². The molecule has 1 saturated carbocycles. The number of rotatable bonds is 3. The average molecular weight is 218 g/mol. The molecule has 3 nitrogen and oxygen atoms in total. The van der Waals surface area contributed by atoms with E-state index < -0.39 is 0 Å². The molecular weight excluding hydrogens is 200 g/mol. The molecule has 0 atom stereocenters. The van der Waals surface area contributed by atoms with Gasteiger partial charge in [0.2, 0.25) is 0 Å². The molecule has 0 radical (unpaired) electrons. The highest BCUT2D eigenvalue weighted by Crippen LogP contribution is 2.24. The number of hydrogen-bond donors (Lipinski definition) is 0. The van der Waals surface area contributed by atoms with E-state index in [0.717, 1.165) is 19.4 Å². The predicted octanol–water partition coefficient (Wildman–Crippen LogP) is 2.49. The van der Waals surface area contributed by atoms with Gasteiger partial charge in [0.1, 0.15) is 0 Å². The first-order valence-corrected chi connectivity index (χ1v) is 6.04. The van der Waals surface area contributed by atoms with E-state index in [-0.39, 0.29) is 5.91 Å². The van der Waals surface area contributed by atoms with E-state index >= 15 is 0 Å². The van der Waals surface area contributed by atoms with Gasteiger partial charge in [-0.1, -0.05) is 12.8 Å². The zero-order valence-electron chi connectivity index (χ0n) is 9.72. The monoisotopic (exact) mass is 218 g/mol. The zero-order chi connectivity index (χ0) is 11.4. The van der Waals surface area contributed by atoms with Crippen LogP contribution in [-0.2, 0) is 0 Å². The Morgan fingerprint density at radius 3 is 2.81 bits per heavy atom. The van der Waals surface area contributed by atoms with Crippen LogP contribution < -0.4 is 0 Å². The predicted molar refractivity (Wildman–Crippen MR) is 63.2 cm³/mol. The maximum absolute atomic E-state index is 12.2. The Kier molecular flexibility index (Phi) is 3.54. The number of pyridine rings is 1. The van der Waals surface area contributed by atoms with Crippen LogP contribution in [0.15, 0.2) is 24.5 Å². The van der Waals surface area contributed by atoms with Crippen LogP contribution in [0.1, 0.15) is 43.0 Å². The molecular formula is C13H18N2O. The molecule has 86 valence electrons. The smallest absolute Gasteiger partial charge is 0.255 e. The Morgan fingerprint density at radius 2 is 2.25 bits per heavy atom. The maximum Gasteiger partial charge on any atom is 0.255 e. The lowest BCUT2D eigenvalue weighted by Gasteiger charge is -2.27. The minimum atomic E-state index is 0.127. The van der Waals surface area contributed by atoms with Crippen molar-refractivity contribution in [2.45, 2.75) is 38.6 Å². The standard InChI is InChI=1S/C13H18N2O/c1-2-15(12-7-3-4-8-12)13(16)11-6-5-9-14-10-11/h5-6,9-10,12H,2-4,7-8H2,1H3. The van der Waals surface area contributed by atoms with Gasteiger partial charge >= 0.3 is 0 Å². The van der Waals surface area contributed by atoms with Crippen LogP contribution in [0.2, 0.25) is 0 Å². The normalized spacial score (nSPS) is 16.3. The van der Waals surface area contributed by atoms with Gasteiger partial charge in [-0.25, -0.2) is 0 Å². The third-order valence-corrected chi connectivity index (χ3v) is 3.28. The number of nitrogens with zero attached hydrogens (tertiary/aromatic N) is 2. The zero-order valence-corrected chi connectivity index (χ0v) is 9.72. The Labute approximate surface area is 96.5 Å². The summed E-state index contributed by atoms with van der Waals surface area (Å²) in [4.78, 5) is 18.2. The van der Waals surface area contributed by atoms with Crippen LogP contribution >= 0.6 is 0 Å². The molecule has 1 amide bonds. The maximum atomic E-state index is 12.2. The lowest BCUT2D eigenvalue weighted by molar-refractivity contribution is 0.0693. The summed E-state index contributed by atoms with van der Waals surface area (Å²) in [5.74, 6) is 0.127. The molecule has 1 aromatic heterocycles. The van der Waals surface area contributed by atoms with Crippen LogP contribution in [0.5, 0.6) is 0 Å². The molecule has 2 rings (SSSR count). The quantitative estimate of drug-likeness (QED) is 0.781. The van der Waals surface area contributed by atoms with Gasteiger partial charge in [0.05, 0.1) is 5.56 Å². The summed E-state index contributed by atoms with van der Waals surface area (Å²) in [6, 6.07) is 4.10. The fourth-order valence-electron chi connectivity index (χ4n) is 2.44. The molecule has 3 heteroatoms. The summed E-state index contributed by atoms with van der Waals surface area (Å²) in [5.41, 5.74) is 0.705. The van der Waals surface area contributed by atoms with E-state index in [4.69, 9.17) is 0 Å². The van der Waals surface area contributed by atoms with Crippen molar-refractivity contribution in [1.29, 1.82) is 0 Å². The summed E-state index contributed by atoms with van der Waals surface area (Å²) in [7, 11) is 0. The van der Waals surface area contributed by atoms with Gasteiger partial charge in [-0.15, -0.1) is 0 Å². The van der Waals surface area contributed by atoms with Crippen molar-refractivity contribution in [1.82, 2.24) is 9.88 Å². The van der Waals surface area contributed by atoms with Crippen LogP contribution in [0.25, 0.3) is 0 Å². The van der Waals surface area contributed by atoms with Gasteiger partial charge in [0, 0.05) is 25.0 Å². The first kappa shape index (κ1) is 11.1. The Bertz CT molecular complexity index is 344. The van der Waals surface area contributed by atoms with E-state index in [1.165, 1.54) is 12.8 Å². The van der Waals surface area contributed by atoms with Crippen molar-refractivity contribution in [3.8, 4) is 0 Å². The molecule has 1 aliphatic rings. The van der Waals surface area contributed by atoms with Gasteiger partial charge in [-0.2, -0.15) is 0 Å². The van der Waals surface area contributed by atoms with Gasteiger partial charge in [-0.3, -0.25) is 9.78 Å². The minimum Gasteiger partial charge on any atom is -0.336 e. The molecule has 0 unspecified atom stereocenters. The highest BCUT2D eigenvalue weighted by molar-refractivity contribution is 5.94. The van der Waals surface area contributed by atoms with Crippen LogP contribution in [0, 0.1) is 0 Å². The van der Waals surface area contributed by atoms with Gasteiger partial charge < -0.3 is 4.90 Å². The molecule has 1 fully saturated rings. The third kappa shape index (κ3) is 2.23. The summed E-state index contributed by atoms with van der Waals surface area (Å²) in [5, 5.41) is 0. The fraction of sp³-hybridized carbons (Fsp3) is 0.538. The van der Waals surface area contributed by atoms with E-state index in [0.29, 0.717) is 11.6 Å². The summed E-state index contributed by atoms with van der Waals surface area (Å²) in [6.07, 6.45) is 8.16. The number of carbonyl (C=O) groups is 1. The molecule has 0 spiro atoms. The van der Waals surface area contributed by atoms with Crippen molar-refractivity contribution < 1.29 is 4.79 Å². The van der Waals surface area contributed by atoms with Gasteiger partial charge in [0.15, 0.2) is 0 Å². The second kappa shape index (κ2) is 5.10. The van der Waals surface area contributed by atoms with Crippen molar-refractivity contribution in [2.24, 2.45) is 0 Å². The second-order valence-corrected chi connectivity index (χ2v) is 4.27. The van der Waals surface area contributed by atoms with Crippen molar-refractivity contribution in [2.75, 3.05) is 6.54 Å². The number of aromatic nitrogens is 1.